The monoisotopic (exact) mass is 360 g/mol. The van der Waals surface area contributed by atoms with Gasteiger partial charge in [-0.3, -0.25) is 4.79 Å². The average Bonchev–Trinajstić information content (AvgIpc) is 3.04. The van der Waals surface area contributed by atoms with Gasteiger partial charge in [-0.2, -0.15) is 0 Å². The van der Waals surface area contributed by atoms with Gasteiger partial charge in [-0.25, -0.2) is 4.68 Å². The summed E-state index contributed by atoms with van der Waals surface area (Å²) in [5.74, 6) is 0.0951. The number of nitrogens with zero attached hydrogens (tertiary/aromatic N) is 5. The van der Waals surface area contributed by atoms with Crippen molar-refractivity contribution >= 4 is 5.91 Å². The highest BCUT2D eigenvalue weighted by atomic mass is 16.2. The molecule has 7 nitrogen and oxygen atoms in total. The highest BCUT2D eigenvalue weighted by molar-refractivity contribution is 5.94. The summed E-state index contributed by atoms with van der Waals surface area (Å²) in [5, 5.41) is 12.1. The normalized spacial score (nSPS) is 24.9. The zero-order chi connectivity index (χ0) is 18.1. The molecule has 1 aromatic heterocycles. The summed E-state index contributed by atoms with van der Waals surface area (Å²) in [6.45, 7) is 6.76. The van der Waals surface area contributed by atoms with Gasteiger partial charge in [-0.15, -0.1) is 5.10 Å². The molecule has 1 aliphatic carbocycles. The second kappa shape index (κ2) is 7.27. The van der Waals surface area contributed by atoms with Gasteiger partial charge in [0.15, 0.2) is 5.69 Å². The standard InChI is InChI=1S/C19H32N6O/c1-15-17(21-22-25(15)16-6-10-20-11-7-16)18(26)24-13-12-23(2)14-19(24)8-4-3-5-9-19/h16,20H,3-14H2,1-2H3. The lowest BCUT2D eigenvalue weighted by Gasteiger charge is -2.52. The van der Waals surface area contributed by atoms with Gasteiger partial charge in [0.25, 0.3) is 5.91 Å². The van der Waals surface area contributed by atoms with Gasteiger partial charge in [0.05, 0.1) is 17.3 Å². The minimum atomic E-state index is -0.00664. The highest BCUT2D eigenvalue weighted by Crippen LogP contribution is 2.37. The third-order valence-corrected chi connectivity index (χ3v) is 6.66. The smallest absolute Gasteiger partial charge is 0.276 e. The molecule has 0 unspecified atom stereocenters. The van der Waals surface area contributed by atoms with Crippen molar-refractivity contribution in [3.05, 3.63) is 11.4 Å². The molecule has 1 amide bonds. The SMILES string of the molecule is Cc1c(C(=O)N2CCN(C)CC23CCCCC3)nnn1C1CCNCC1. The molecule has 1 saturated carbocycles. The van der Waals surface area contributed by atoms with E-state index in [2.05, 4.69) is 32.5 Å². The maximum Gasteiger partial charge on any atom is 0.276 e. The topological polar surface area (TPSA) is 66.3 Å². The predicted octanol–water partition coefficient (Wildman–Crippen LogP) is 1.60. The number of nitrogens with one attached hydrogen (secondary N) is 1. The molecule has 1 aromatic rings. The van der Waals surface area contributed by atoms with Crippen LogP contribution in [0.3, 0.4) is 0 Å². The number of hydrogen-bond donors (Lipinski definition) is 1. The maximum absolute atomic E-state index is 13.5. The number of rotatable bonds is 2. The van der Waals surface area contributed by atoms with Crippen LogP contribution in [0.5, 0.6) is 0 Å². The third kappa shape index (κ3) is 3.16. The van der Waals surface area contributed by atoms with E-state index in [1.165, 1.54) is 19.3 Å². The van der Waals surface area contributed by atoms with Crippen LogP contribution in [0.15, 0.2) is 0 Å². The Labute approximate surface area is 156 Å². The summed E-state index contributed by atoms with van der Waals surface area (Å²) in [6.07, 6.45) is 8.07. The van der Waals surface area contributed by atoms with E-state index in [1.807, 2.05) is 11.6 Å². The van der Waals surface area contributed by atoms with Crippen molar-refractivity contribution in [2.24, 2.45) is 0 Å². The van der Waals surface area contributed by atoms with Gasteiger partial charge in [-0.1, -0.05) is 24.5 Å². The predicted molar refractivity (Wildman–Crippen MR) is 100 cm³/mol. The Hall–Kier alpha value is -1.47. The van der Waals surface area contributed by atoms with Crippen molar-refractivity contribution in [1.82, 2.24) is 30.1 Å². The molecule has 2 saturated heterocycles. The Morgan fingerprint density at radius 3 is 2.62 bits per heavy atom. The van der Waals surface area contributed by atoms with Crippen molar-refractivity contribution in [3.8, 4) is 0 Å². The molecule has 3 fully saturated rings. The van der Waals surface area contributed by atoms with Crippen LogP contribution in [-0.4, -0.2) is 76.0 Å². The molecule has 3 heterocycles. The molecule has 0 radical (unpaired) electrons. The van der Waals surface area contributed by atoms with Crippen LogP contribution in [0.4, 0.5) is 0 Å². The van der Waals surface area contributed by atoms with Crippen LogP contribution < -0.4 is 5.32 Å². The van der Waals surface area contributed by atoms with Crippen LogP contribution in [0.2, 0.25) is 0 Å². The number of hydrogen-bond acceptors (Lipinski definition) is 5. The molecule has 1 spiro atoms. The molecule has 2 aliphatic heterocycles. The van der Waals surface area contributed by atoms with E-state index in [0.717, 1.165) is 64.1 Å². The molecule has 0 aromatic carbocycles. The summed E-state index contributed by atoms with van der Waals surface area (Å²) < 4.78 is 2.00. The Morgan fingerprint density at radius 2 is 1.88 bits per heavy atom. The van der Waals surface area contributed by atoms with Crippen LogP contribution in [0, 0.1) is 6.92 Å². The molecule has 0 bridgehead atoms. The first-order valence-electron chi connectivity index (χ1n) is 10.2. The number of likely N-dealkylation sites (N-methyl/N-ethyl adjacent to an activating group) is 1. The number of amides is 1. The minimum absolute atomic E-state index is 0.00664. The van der Waals surface area contributed by atoms with E-state index in [9.17, 15) is 4.79 Å². The molecule has 4 rings (SSSR count). The Morgan fingerprint density at radius 1 is 1.15 bits per heavy atom. The zero-order valence-corrected chi connectivity index (χ0v) is 16.2. The fourth-order valence-corrected chi connectivity index (χ4v) is 5.19. The number of piperazine rings is 1. The van der Waals surface area contributed by atoms with E-state index in [1.54, 1.807) is 0 Å². The van der Waals surface area contributed by atoms with Gasteiger partial charge in [-0.05, 0) is 52.7 Å². The van der Waals surface area contributed by atoms with Gasteiger partial charge < -0.3 is 15.1 Å². The molecule has 7 heteroatoms. The van der Waals surface area contributed by atoms with E-state index < -0.39 is 0 Å². The minimum Gasteiger partial charge on any atom is -0.329 e. The first-order chi connectivity index (χ1) is 12.6. The third-order valence-electron chi connectivity index (χ3n) is 6.66. The molecular formula is C19H32N6O. The van der Waals surface area contributed by atoms with E-state index in [0.29, 0.717) is 11.7 Å². The quantitative estimate of drug-likeness (QED) is 0.868. The summed E-state index contributed by atoms with van der Waals surface area (Å²) >= 11 is 0. The first kappa shape index (κ1) is 17.9. The van der Waals surface area contributed by atoms with Crippen molar-refractivity contribution in [2.75, 3.05) is 39.8 Å². The summed E-state index contributed by atoms with van der Waals surface area (Å²) in [7, 11) is 2.18. The number of piperidine rings is 1. The van der Waals surface area contributed by atoms with Gasteiger partial charge in [0.1, 0.15) is 0 Å². The molecule has 1 N–H and O–H groups in total. The number of carbonyl (C=O) groups is 1. The highest BCUT2D eigenvalue weighted by Gasteiger charge is 2.45. The van der Waals surface area contributed by atoms with Gasteiger partial charge in [0, 0.05) is 19.6 Å². The molecule has 26 heavy (non-hydrogen) atoms. The Kier molecular flexibility index (Phi) is 5.01. The van der Waals surface area contributed by atoms with E-state index in [-0.39, 0.29) is 11.4 Å². The molecular weight excluding hydrogens is 328 g/mol. The fraction of sp³-hybridized carbons (Fsp3) is 0.842. The van der Waals surface area contributed by atoms with Gasteiger partial charge in [0.2, 0.25) is 0 Å². The summed E-state index contributed by atoms with van der Waals surface area (Å²) in [4.78, 5) is 18.0. The Bertz CT molecular complexity index is 644. The van der Waals surface area contributed by atoms with Crippen LogP contribution >= 0.6 is 0 Å². The zero-order valence-electron chi connectivity index (χ0n) is 16.2. The summed E-state index contributed by atoms with van der Waals surface area (Å²) in [6, 6.07) is 0.362. The Balaban J connectivity index is 1.59. The van der Waals surface area contributed by atoms with E-state index >= 15 is 0 Å². The van der Waals surface area contributed by atoms with Crippen molar-refractivity contribution in [2.45, 2.75) is 63.5 Å². The van der Waals surface area contributed by atoms with Gasteiger partial charge >= 0.3 is 0 Å². The molecule has 3 aliphatic rings. The second-order valence-corrected chi connectivity index (χ2v) is 8.43. The molecule has 144 valence electrons. The molecule has 0 atom stereocenters. The van der Waals surface area contributed by atoms with Crippen LogP contribution in [0.1, 0.15) is 67.2 Å². The number of aromatic nitrogens is 3. The first-order valence-corrected chi connectivity index (χ1v) is 10.2. The number of carbonyl (C=O) groups excluding carboxylic acids is 1. The lowest BCUT2D eigenvalue weighted by atomic mass is 9.78. The van der Waals surface area contributed by atoms with Crippen molar-refractivity contribution in [1.29, 1.82) is 0 Å². The fourth-order valence-electron chi connectivity index (χ4n) is 5.19. The van der Waals surface area contributed by atoms with Crippen molar-refractivity contribution < 1.29 is 4.79 Å². The largest absolute Gasteiger partial charge is 0.329 e. The summed E-state index contributed by atoms with van der Waals surface area (Å²) in [5.41, 5.74) is 1.50. The lowest BCUT2D eigenvalue weighted by Crippen LogP contribution is -2.64. The van der Waals surface area contributed by atoms with Crippen LogP contribution in [0.25, 0.3) is 0 Å². The lowest BCUT2D eigenvalue weighted by molar-refractivity contribution is -0.00822. The average molecular weight is 361 g/mol. The second-order valence-electron chi connectivity index (χ2n) is 8.43. The maximum atomic E-state index is 13.5. The van der Waals surface area contributed by atoms with E-state index in [4.69, 9.17) is 0 Å². The van der Waals surface area contributed by atoms with Crippen molar-refractivity contribution in [3.63, 3.8) is 0 Å². The van der Waals surface area contributed by atoms with Crippen LogP contribution in [-0.2, 0) is 0 Å².